The Morgan fingerprint density at radius 1 is 1.46 bits per heavy atom. The highest BCUT2D eigenvalue weighted by Crippen LogP contribution is 2.20. The Hall–Kier alpha value is -2.15. The first-order chi connectivity index (χ1) is 11.4. The number of primary amides is 1. The summed E-state index contributed by atoms with van der Waals surface area (Å²) in [5.41, 5.74) is 5.23. The van der Waals surface area contributed by atoms with Crippen LogP contribution in [0.25, 0.3) is 0 Å². The van der Waals surface area contributed by atoms with Crippen LogP contribution in [0.5, 0.6) is 0 Å². The normalized spacial score (nSPS) is 17.3. The number of benzene rings is 1. The van der Waals surface area contributed by atoms with Gasteiger partial charge >= 0.3 is 6.03 Å². The van der Waals surface area contributed by atoms with Crippen molar-refractivity contribution in [3.05, 3.63) is 29.6 Å². The first kappa shape index (κ1) is 18.2. The maximum absolute atomic E-state index is 13.9. The second kappa shape index (κ2) is 8.10. The maximum Gasteiger partial charge on any atom is 0.321 e. The van der Waals surface area contributed by atoms with Crippen LogP contribution in [-0.4, -0.2) is 55.0 Å². The molecule has 7 heteroatoms. The molecule has 0 aliphatic carbocycles. The summed E-state index contributed by atoms with van der Waals surface area (Å²) in [6, 6.07) is 3.47. The molecule has 0 spiro atoms. The zero-order valence-corrected chi connectivity index (χ0v) is 14.2. The van der Waals surface area contributed by atoms with E-state index in [0.717, 1.165) is 32.0 Å². The maximum atomic E-state index is 13.9. The van der Waals surface area contributed by atoms with Crippen molar-refractivity contribution in [2.45, 2.75) is 19.8 Å². The molecule has 24 heavy (non-hydrogen) atoms. The molecule has 6 nitrogen and oxygen atoms in total. The van der Waals surface area contributed by atoms with Crippen LogP contribution in [0.15, 0.2) is 18.2 Å². The van der Waals surface area contributed by atoms with Crippen LogP contribution in [0, 0.1) is 11.7 Å². The zero-order chi connectivity index (χ0) is 17.7. The number of nitrogens with one attached hydrogen (secondary N) is 1. The van der Waals surface area contributed by atoms with Crippen LogP contribution < -0.4 is 11.1 Å². The van der Waals surface area contributed by atoms with Crippen molar-refractivity contribution < 1.29 is 14.0 Å². The molecular formula is C17H25FN4O2. The molecule has 1 aliphatic heterocycles. The van der Waals surface area contributed by atoms with Gasteiger partial charge in [0.2, 0.25) is 5.91 Å². The molecule has 2 rings (SSSR count). The van der Waals surface area contributed by atoms with E-state index in [0.29, 0.717) is 19.0 Å². The molecule has 132 valence electrons. The predicted molar refractivity (Wildman–Crippen MR) is 91.4 cm³/mol. The lowest BCUT2D eigenvalue weighted by Gasteiger charge is -2.21. The van der Waals surface area contributed by atoms with Crippen molar-refractivity contribution in [2.75, 3.05) is 38.5 Å². The summed E-state index contributed by atoms with van der Waals surface area (Å²) >= 11 is 0. The lowest BCUT2D eigenvalue weighted by atomic mass is 10.1. The van der Waals surface area contributed by atoms with Crippen LogP contribution >= 0.6 is 0 Å². The average molecular weight is 336 g/mol. The van der Waals surface area contributed by atoms with Crippen molar-refractivity contribution in [3.8, 4) is 0 Å². The Kier molecular flexibility index (Phi) is 6.14. The van der Waals surface area contributed by atoms with E-state index in [2.05, 4.69) is 24.2 Å². The van der Waals surface area contributed by atoms with Gasteiger partial charge in [0, 0.05) is 25.2 Å². The lowest BCUT2D eigenvalue weighted by molar-refractivity contribution is 0.1000. The van der Waals surface area contributed by atoms with E-state index in [-0.39, 0.29) is 17.3 Å². The SMILES string of the molecule is CCCN(C)CC1CCN(C(=O)Nc2ccc(C(N)=O)cc2F)C1. The number of amides is 3. The fourth-order valence-corrected chi connectivity index (χ4v) is 3.04. The Balaban J connectivity index is 1.90. The number of urea groups is 1. The minimum atomic E-state index is -0.703. The number of carbonyl (C=O) groups is 2. The highest BCUT2D eigenvalue weighted by Gasteiger charge is 2.27. The molecule has 1 atom stereocenters. The predicted octanol–water partition coefficient (Wildman–Crippen LogP) is 2.12. The number of hydrogen-bond donors (Lipinski definition) is 2. The van der Waals surface area contributed by atoms with Gasteiger partial charge in [-0.25, -0.2) is 9.18 Å². The number of nitrogens with two attached hydrogens (primary N) is 1. The molecular weight excluding hydrogens is 311 g/mol. The molecule has 0 aromatic heterocycles. The molecule has 3 N–H and O–H groups in total. The topological polar surface area (TPSA) is 78.7 Å². The first-order valence-electron chi connectivity index (χ1n) is 8.24. The summed E-state index contributed by atoms with van der Waals surface area (Å²) in [7, 11) is 2.09. The number of likely N-dealkylation sites (tertiary alicyclic amines) is 1. The van der Waals surface area contributed by atoms with Crippen molar-refractivity contribution >= 4 is 17.6 Å². The highest BCUT2D eigenvalue weighted by molar-refractivity contribution is 5.94. The summed E-state index contributed by atoms with van der Waals surface area (Å²) < 4.78 is 13.9. The van der Waals surface area contributed by atoms with E-state index < -0.39 is 11.7 Å². The zero-order valence-electron chi connectivity index (χ0n) is 14.2. The van der Waals surface area contributed by atoms with Gasteiger partial charge < -0.3 is 20.9 Å². The van der Waals surface area contributed by atoms with E-state index in [1.807, 2.05) is 0 Å². The van der Waals surface area contributed by atoms with Crippen LogP contribution in [0.4, 0.5) is 14.9 Å². The Bertz CT molecular complexity index is 608. The van der Waals surface area contributed by atoms with E-state index >= 15 is 0 Å². The second-order valence-corrected chi connectivity index (χ2v) is 6.35. The number of rotatable bonds is 6. The molecule has 1 unspecified atom stereocenters. The summed E-state index contributed by atoms with van der Waals surface area (Å²) in [6.07, 6.45) is 2.05. The molecule has 1 heterocycles. The van der Waals surface area contributed by atoms with Crippen molar-refractivity contribution in [3.63, 3.8) is 0 Å². The van der Waals surface area contributed by atoms with Gasteiger partial charge in [-0.1, -0.05) is 6.92 Å². The fraction of sp³-hybridized carbons (Fsp3) is 0.529. The summed E-state index contributed by atoms with van der Waals surface area (Å²) in [6.45, 7) is 5.47. The Labute approximate surface area is 141 Å². The van der Waals surface area contributed by atoms with Gasteiger partial charge in [-0.3, -0.25) is 4.79 Å². The third-order valence-corrected chi connectivity index (χ3v) is 4.24. The average Bonchev–Trinajstić information content (AvgIpc) is 2.97. The number of carbonyl (C=O) groups excluding carboxylic acids is 2. The summed E-state index contributed by atoms with van der Waals surface area (Å²) in [4.78, 5) is 27.3. The smallest absolute Gasteiger partial charge is 0.321 e. The molecule has 3 amide bonds. The molecule has 1 fully saturated rings. The first-order valence-corrected chi connectivity index (χ1v) is 8.24. The number of nitrogens with zero attached hydrogens (tertiary/aromatic N) is 2. The van der Waals surface area contributed by atoms with Gasteiger partial charge in [0.05, 0.1) is 5.69 Å². The van der Waals surface area contributed by atoms with Gasteiger partial charge in [0.15, 0.2) is 0 Å². The summed E-state index contributed by atoms with van der Waals surface area (Å²) in [5, 5.41) is 2.56. The number of anilines is 1. The third-order valence-electron chi connectivity index (χ3n) is 4.24. The minimum Gasteiger partial charge on any atom is -0.366 e. The van der Waals surface area contributed by atoms with Gasteiger partial charge in [-0.05, 0) is 50.6 Å². The van der Waals surface area contributed by atoms with Gasteiger partial charge in [0.1, 0.15) is 5.82 Å². The quantitative estimate of drug-likeness (QED) is 0.835. The van der Waals surface area contributed by atoms with E-state index in [1.165, 1.54) is 12.1 Å². The monoisotopic (exact) mass is 336 g/mol. The van der Waals surface area contributed by atoms with E-state index in [9.17, 15) is 14.0 Å². The lowest BCUT2D eigenvalue weighted by Crippen LogP contribution is -2.35. The molecule has 0 radical (unpaired) electrons. The van der Waals surface area contributed by atoms with E-state index in [1.54, 1.807) is 4.90 Å². The Morgan fingerprint density at radius 2 is 2.21 bits per heavy atom. The minimum absolute atomic E-state index is 0.0524. The number of hydrogen-bond acceptors (Lipinski definition) is 3. The van der Waals surface area contributed by atoms with Crippen LogP contribution in [-0.2, 0) is 0 Å². The van der Waals surface area contributed by atoms with Gasteiger partial charge in [-0.2, -0.15) is 0 Å². The van der Waals surface area contributed by atoms with E-state index in [4.69, 9.17) is 5.73 Å². The second-order valence-electron chi connectivity index (χ2n) is 6.35. The highest BCUT2D eigenvalue weighted by atomic mass is 19.1. The fourth-order valence-electron chi connectivity index (χ4n) is 3.04. The standard InChI is InChI=1S/C17H25FN4O2/c1-3-7-21(2)10-12-6-8-22(11-12)17(24)20-15-5-4-13(16(19)23)9-14(15)18/h4-5,9,12H,3,6-8,10-11H2,1-2H3,(H2,19,23)(H,20,24). The molecule has 1 aliphatic rings. The Morgan fingerprint density at radius 3 is 2.83 bits per heavy atom. The van der Waals surface area contributed by atoms with Gasteiger partial charge in [0.25, 0.3) is 0 Å². The van der Waals surface area contributed by atoms with Gasteiger partial charge in [-0.15, -0.1) is 0 Å². The molecule has 1 aromatic carbocycles. The molecule has 1 aromatic rings. The van der Waals surface area contributed by atoms with Crippen molar-refractivity contribution in [1.82, 2.24) is 9.80 Å². The molecule has 0 saturated carbocycles. The number of halogens is 1. The largest absolute Gasteiger partial charge is 0.366 e. The van der Waals surface area contributed by atoms with Crippen molar-refractivity contribution in [2.24, 2.45) is 11.7 Å². The molecule has 0 bridgehead atoms. The van der Waals surface area contributed by atoms with Crippen molar-refractivity contribution in [1.29, 1.82) is 0 Å². The molecule has 1 saturated heterocycles. The van der Waals surface area contributed by atoms with Crippen LogP contribution in [0.2, 0.25) is 0 Å². The summed E-state index contributed by atoms with van der Waals surface area (Å²) in [5.74, 6) is -0.933. The third kappa shape index (κ3) is 4.67. The van der Waals surface area contributed by atoms with Crippen LogP contribution in [0.3, 0.4) is 0 Å². The van der Waals surface area contributed by atoms with Crippen LogP contribution in [0.1, 0.15) is 30.1 Å².